The Bertz CT molecular complexity index is 341. The van der Waals surface area contributed by atoms with Gasteiger partial charge in [-0.2, -0.15) is 0 Å². The minimum absolute atomic E-state index is 0.702. The third-order valence-corrected chi connectivity index (χ3v) is 4.24. The van der Waals surface area contributed by atoms with Gasteiger partial charge in [-0.15, -0.1) is 0 Å². The molecule has 0 aliphatic heterocycles. The van der Waals surface area contributed by atoms with Crippen LogP contribution in [0.4, 0.5) is 0 Å². The molecule has 1 heteroatoms. The molecule has 21 heavy (non-hydrogen) atoms. The van der Waals surface area contributed by atoms with Gasteiger partial charge in [0.2, 0.25) is 0 Å². The third kappa shape index (κ3) is 8.93. The molecule has 0 heterocycles. The molecule has 0 saturated heterocycles. The molecule has 1 atom stereocenters. The van der Waals surface area contributed by atoms with Gasteiger partial charge in [0, 0.05) is 6.04 Å². The summed E-state index contributed by atoms with van der Waals surface area (Å²) < 4.78 is 0. The number of unbranched alkanes of at least 4 members (excludes halogenated alkanes) is 4. The lowest BCUT2D eigenvalue weighted by Crippen LogP contribution is -2.30. The van der Waals surface area contributed by atoms with Crippen LogP contribution in [0, 0.1) is 6.92 Å². The van der Waals surface area contributed by atoms with Crippen molar-refractivity contribution in [2.45, 2.75) is 84.6 Å². The van der Waals surface area contributed by atoms with E-state index in [9.17, 15) is 0 Å². The molecule has 0 spiro atoms. The SMILES string of the molecule is CCCCCCCC(CCc1ccc(C)cc1)NCCC. The quantitative estimate of drug-likeness (QED) is 0.490. The maximum atomic E-state index is 3.74. The smallest absolute Gasteiger partial charge is 0.00702 e. The standard InChI is InChI=1S/C20H35N/c1-4-6-7-8-9-10-20(21-17-5-2)16-15-19-13-11-18(3)12-14-19/h11-14,20-21H,4-10,15-17H2,1-3H3. The first-order valence-corrected chi connectivity index (χ1v) is 9.05. The summed E-state index contributed by atoms with van der Waals surface area (Å²) in [7, 11) is 0. The minimum Gasteiger partial charge on any atom is -0.314 e. The van der Waals surface area contributed by atoms with E-state index in [1.165, 1.54) is 68.9 Å². The van der Waals surface area contributed by atoms with Crippen molar-refractivity contribution in [2.75, 3.05) is 6.54 Å². The van der Waals surface area contributed by atoms with Gasteiger partial charge in [0.1, 0.15) is 0 Å². The Labute approximate surface area is 132 Å². The molecule has 1 aromatic rings. The van der Waals surface area contributed by atoms with Gasteiger partial charge in [0.05, 0.1) is 0 Å². The van der Waals surface area contributed by atoms with Crippen molar-refractivity contribution < 1.29 is 0 Å². The molecule has 0 bridgehead atoms. The van der Waals surface area contributed by atoms with Crippen molar-refractivity contribution >= 4 is 0 Å². The summed E-state index contributed by atoms with van der Waals surface area (Å²) in [5.41, 5.74) is 2.84. The lowest BCUT2D eigenvalue weighted by molar-refractivity contribution is 0.431. The Hall–Kier alpha value is -0.820. The molecule has 0 radical (unpaired) electrons. The van der Waals surface area contributed by atoms with Crippen LogP contribution in [0.2, 0.25) is 0 Å². The maximum Gasteiger partial charge on any atom is 0.00702 e. The fraction of sp³-hybridized carbons (Fsp3) is 0.700. The molecule has 1 nitrogen and oxygen atoms in total. The Morgan fingerprint density at radius 1 is 0.857 bits per heavy atom. The molecule has 0 aliphatic rings. The van der Waals surface area contributed by atoms with E-state index < -0.39 is 0 Å². The van der Waals surface area contributed by atoms with Crippen LogP contribution < -0.4 is 5.32 Å². The summed E-state index contributed by atoms with van der Waals surface area (Å²) in [6.07, 6.45) is 12.0. The van der Waals surface area contributed by atoms with Crippen LogP contribution in [0.15, 0.2) is 24.3 Å². The second kappa shape index (κ2) is 11.8. The van der Waals surface area contributed by atoms with Gasteiger partial charge in [-0.25, -0.2) is 0 Å². The topological polar surface area (TPSA) is 12.0 Å². The van der Waals surface area contributed by atoms with Crippen molar-refractivity contribution in [1.82, 2.24) is 5.32 Å². The Balaban J connectivity index is 2.29. The van der Waals surface area contributed by atoms with Crippen LogP contribution in [0.5, 0.6) is 0 Å². The summed E-state index contributed by atoms with van der Waals surface area (Å²) in [5.74, 6) is 0. The molecule has 1 rings (SSSR count). The van der Waals surface area contributed by atoms with Gasteiger partial charge in [0.25, 0.3) is 0 Å². The second-order valence-corrected chi connectivity index (χ2v) is 6.38. The fourth-order valence-electron chi connectivity index (χ4n) is 2.79. The van der Waals surface area contributed by atoms with Crippen LogP contribution >= 0.6 is 0 Å². The van der Waals surface area contributed by atoms with Crippen molar-refractivity contribution in [3.63, 3.8) is 0 Å². The Morgan fingerprint density at radius 2 is 1.57 bits per heavy atom. The largest absolute Gasteiger partial charge is 0.314 e. The van der Waals surface area contributed by atoms with E-state index in [0.29, 0.717) is 6.04 Å². The van der Waals surface area contributed by atoms with Crippen LogP contribution in [0.3, 0.4) is 0 Å². The fourth-order valence-corrected chi connectivity index (χ4v) is 2.79. The summed E-state index contributed by atoms with van der Waals surface area (Å²) >= 11 is 0. The summed E-state index contributed by atoms with van der Waals surface area (Å²) in [4.78, 5) is 0. The molecule has 0 aliphatic carbocycles. The summed E-state index contributed by atoms with van der Waals surface area (Å²) in [5, 5.41) is 3.74. The van der Waals surface area contributed by atoms with Crippen LogP contribution in [0.1, 0.15) is 76.3 Å². The van der Waals surface area contributed by atoms with E-state index >= 15 is 0 Å². The molecule has 120 valence electrons. The summed E-state index contributed by atoms with van der Waals surface area (Å²) in [6.45, 7) is 7.86. The van der Waals surface area contributed by atoms with E-state index in [-0.39, 0.29) is 0 Å². The van der Waals surface area contributed by atoms with Crippen molar-refractivity contribution in [2.24, 2.45) is 0 Å². The number of rotatable bonds is 12. The molecule has 0 amide bonds. The maximum absolute atomic E-state index is 3.74. The number of aryl methyl sites for hydroxylation is 2. The summed E-state index contributed by atoms with van der Waals surface area (Å²) in [6, 6.07) is 9.73. The Kier molecular flexibility index (Phi) is 10.2. The predicted octanol–water partition coefficient (Wildman–Crippen LogP) is 5.66. The van der Waals surface area contributed by atoms with E-state index in [4.69, 9.17) is 0 Å². The highest BCUT2D eigenvalue weighted by Gasteiger charge is 2.07. The Morgan fingerprint density at radius 3 is 2.24 bits per heavy atom. The molecular formula is C20H35N. The average molecular weight is 290 g/mol. The minimum atomic E-state index is 0.702. The first-order valence-electron chi connectivity index (χ1n) is 9.05. The van der Waals surface area contributed by atoms with E-state index in [1.807, 2.05) is 0 Å². The zero-order valence-corrected chi connectivity index (χ0v) is 14.5. The normalized spacial score (nSPS) is 12.5. The predicted molar refractivity (Wildman–Crippen MR) is 95.0 cm³/mol. The van der Waals surface area contributed by atoms with Gasteiger partial charge in [-0.1, -0.05) is 75.8 Å². The van der Waals surface area contributed by atoms with E-state index in [2.05, 4.69) is 50.4 Å². The number of hydrogen-bond donors (Lipinski definition) is 1. The van der Waals surface area contributed by atoms with Gasteiger partial charge in [0.15, 0.2) is 0 Å². The first kappa shape index (κ1) is 18.2. The highest BCUT2D eigenvalue weighted by molar-refractivity contribution is 5.21. The number of benzene rings is 1. The molecule has 0 aromatic heterocycles. The molecular weight excluding hydrogens is 254 g/mol. The van der Waals surface area contributed by atoms with E-state index in [0.717, 1.165) is 6.54 Å². The van der Waals surface area contributed by atoms with Gasteiger partial charge < -0.3 is 5.32 Å². The molecule has 0 fully saturated rings. The monoisotopic (exact) mass is 289 g/mol. The zero-order valence-electron chi connectivity index (χ0n) is 14.5. The van der Waals surface area contributed by atoms with Crippen LogP contribution in [0.25, 0.3) is 0 Å². The van der Waals surface area contributed by atoms with Gasteiger partial charge in [-0.3, -0.25) is 0 Å². The number of nitrogens with one attached hydrogen (secondary N) is 1. The average Bonchev–Trinajstić information content (AvgIpc) is 2.50. The van der Waals surface area contributed by atoms with Crippen LogP contribution in [-0.2, 0) is 6.42 Å². The highest BCUT2D eigenvalue weighted by Crippen LogP contribution is 2.13. The van der Waals surface area contributed by atoms with Crippen molar-refractivity contribution in [1.29, 1.82) is 0 Å². The lowest BCUT2D eigenvalue weighted by atomic mass is 9.99. The van der Waals surface area contributed by atoms with E-state index in [1.54, 1.807) is 0 Å². The molecule has 1 aromatic carbocycles. The van der Waals surface area contributed by atoms with Crippen molar-refractivity contribution in [3.05, 3.63) is 35.4 Å². The van der Waals surface area contributed by atoms with Gasteiger partial charge >= 0.3 is 0 Å². The number of hydrogen-bond acceptors (Lipinski definition) is 1. The van der Waals surface area contributed by atoms with Crippen LogP contribution in [-0.4, -0.2) is 12.6 Å². The second-order valence-electron chi connectivity index (χ2n) is 6.38. The van der Waals surface area contributed by atoms with Crippen molar-refractivity contribution in [3.8, 4) is 0 Å². The highest BCUT2D eigenvalue weighted by atomic mass is 14.9. The lowest BCUT2D eigenvalue weighted by Gasteiger charge is -2.18. The molecule has 1 unspecified atom stereocenters. The van der Waals surface area contributed by atoms with Gasteiger partial charge in [-0.05, 0) is 44.7 Å². The third-order valence-electron chi connectivity index (χ3n) is 4.24. The first-order chi connectivity index (χ1) is 10.3. The molecule has 1 N–H and O–H groups in total. The molecule has 0 saturated carbocycles. The zero-order chi connectivity index (χ0) is 15.3.